The van der Waals surface area contributed by atoms with Crippen LogP contribution in [0.3, 0.4) is 0 Å². The minimum atomic E-state index is -4.39. The van der Waals surface area contributed by atoms with Crippen LogP contribution < -0.4 is 10.6 Å². The predicted molar refractivity (Wildman–Crippen MR) is 70.3 cm³/mol. The summed E-state index contributed by atoms with van der Waals surface area (Å²) in [6, 6.07) is 4.69. The molecule has 0 spiro atoms. The fourth-order valence-corrected chi connectivity index (χ4v) is 2.29. The Morgan fingerprint density at radius 3 is 2.85 bits per heavy atom. The van der Waals surface area contributed by atoms with Crippen molar-refractivity contribution in [1.82, 2.24) is 5.32 Å². The number of carbonyl (C=O) groups excluding carboxylic acids is 1. The average molecular weight is 286 g/mol. The zero-order valence-corrected chi connectivity index (χ0v) is 11.0. The molecule has 1 saturated heterocycles. The van der Waals surface area contributed by atoms with Gasteiger partial charge in [-0.3, -0.25) is 4.79 Å². The molecule has 1 aromatic rings. The Morgan fingerprint density at radius 1 is 1.40 bits per heavy atom. The minimum Gasteiger partial charge on any atom is -0.326 e. The van der Waals surface area contributed by atoms with Crippen LogP contribution in [0.2, 0.25) is 0 Å². The maximum Gasteiger partial charge on any atom is 0.416 e. The van der Waals surface area contributed by atoms with Crippen LogP contribution in [0.5, 0.6) is 0 Å². The summed E-state index contributed by atoms with van der Waals surface area (Å²) in [5, 5.41) is 5.73. The quantitative estimate of drug-likeness (QED) is 0.893. The molecule has 1 atom stereocenters. The van der Waals surface area contributed by atoms with Gasteiger partial charge in [-0.1, -0.05) is 6.07 Å². The number of hydrogen-bond acceptors (Lipinski definition) is 2. The van der Waals surface area contributed by atoms with Crippen LogP contribution in [0.1, 0.15) is 24.8 Å². The van der Waals surface area contributed by atoms with Crippen LogP contribution in [0.15, 0.2) is 24.3 Å². The molecular weight excluding hydrogens is 269 g/mol. The molecule has 0 radical (unpaired) electrons. The molecule has 0 aromatic heterocycles. The molecule has 2 N–H and O–H groups in total. The van der Waals surface area contributed by atoms with Crippen LogP contribution in [-0.2, 0) is 11.0 Å². The molecule has 1 amide bonds. The van der Waals surface area contributed by atoms with Gasteiger partial charge in [0.2, 0.25) is 5.91 Å². The van der Waals surface area contributed by atoms with E-state index in [0.29, 0.717) is 12.3 Å². The fourth-order valence-electron chi connectivity index (χ4n) is 2.29. The van der Waals surface area contributed by atoms with E-state index in [1.165, 1.54) is 12.1 Å². The number of anilines is 1. The van der Waals surface area contributed by atoms with Crippen molar-refractivity contribution in [1.29, 1.82) is 0 Å². The number of nitrogens with one attached hydrogen (secondary N) is 2. The largest absolute Gasteiger partial charge is 0.416 e. The third-order valence-corrected chi connectivity index (χ3v) is 3.42. The summed E-state index contributed by atoms with van der Waals surface area (Å²) in [7, 11) is 0. The van der Waals surface area contributed by atoms with Crippen molar-refractivity contribution in [3.05, 3.63) is 29.8 Å². The highest BCUT2D eigenvalue weighted by molar-refractivity contribution is 5.90. The normalized spacial score (nSPS) is 19.1. The molecule has 1 aliphatic heterocycles. The molecule has 1 fully saturated rings. The highest BCUT2D eigenvalue weighted by Gasteiger charge is 2.30. The average Bonchev–Trinajstić information content (AvgIpc) is 2.89. The van der Waals surface area contributed by atoms with Gasteiger partial charge in [0.1, 0.15) is 0 Å². The molecule has 3 nitrogen and oxygen atoms in total. The second kappa shape index (κ2) is 6.26. The molecule has 1 aliphatic rings. The van der Waals surface area contributed by atoms with Crippen LogP contribution in [0.4, 0.5) is 18.9 Å². The van der Waals surface area contributed by atoms with E-state index in [4.69, 9.17) is 0 Å². The van der Waals surface area contributed by atoms with Crippen molar-refractivity contribution >= 4 is 11.6 Å². The Hall–Kier alpha value is -1.56. The van der Waals surface area contributed by atoms with Crippen LogP contribution in [0.25, 0.3) is 0 Å². The van der Waals surface area contributed by atoms with Crippen molar-refractivity contribution < 1.29 is 18.0 Å². The molecule has 6 heteroatoms. The van der Waals surface area contributed by atoms with Crippen molar-refractivity contribution in [2.75, 3.05) is 18.4 Å². The Labute approximate surface area is 115 Å². The van der Waals surface area contributed by atoms with Crippen LogP contribution >= 0.6 is 0 Å². The molecule has 1 unspecified atom stereocenters. The lowest BCUT2D eigenvalue weighted by Crippen LogP contribution is -2.15. The van der Waals surface area contributed by atoms with E-state index in [-0.39, 0.29) is 11.6 Å². The zero-order valence-electron chi connectivity index (χ0n) is 11.0. The summed E-state index contributed by atoms with van der Waals surface area (Å²) in [5.74, 6) is 0.249. The van der Waals surface area contributed by atoms with E-state index < -0.39 is 11.7 Å². The number of hydrogen-bond donors (Lipinski definition) is 2. The van der Waals surface area contributed by atoms with Gasteiger partial charge < -0.3 is 10.6 Å². The number of amides is 1. The summed E-state index contributed by atoms with van der Waals surface area (Å²) >= 11 is 0. The molecule has 110 valence electrons. The lowest BCUT2D eigenvalue weighted by Gasteiger charge is -2.11. The first-order valence-corrected chi connectivity index (χ1v) is 6.63. The number of benzene rings is 1. The van der Waals surface area contributed by atoms with Crippen molar-refractivity contribution in [2.24, 2.45) is 5.92 Å². The maximum absolute atomic E-state index is 12.5. The lowest BCUT2D eigenvalue weighted by molar-refractivity contribution is -0.137. The summed E-state index contributed by atoms with van der Waals surface area (Å²) in [6.45, 7) is 1.89. The smallest absolute Gasteiger partial charge is 0.326 e. The van der Waals surface area contributed by atoms with Crippen LogP contribution in [-0.4, -0.2) is 19.0 Å². The molecule has 0 aliphatic carbocycles. The number of halogens is 3. The highest BCUT2D eigenvalue weighted by Crippen LogP contribution is 2.30. The van der Waals surface area contributed by atoms with E-state index in [9.17, 15) is 18.0 Å². The predicted octanol–water partition coefficient (Wildman–Crippen LogP) is 3.03. The van der Waals surface area contributed by atoms with Crippen LogP contribution in [0, 0.1) is 5.92 Å². The van der Waals surface area contributed by atoms with Gasteiger partial charge >= 0.3 is 6.18 Å². The Bertz CT molecular complexity index is 468. The summed E-state index contributed by atoms with van der Waals surface area (Å²) in [6.07, 6.45) is -2.24. The fraction of sp³-hybridized carbons (Fsp3) is 0.500. The second-order valence-corrected chi connectivity index (χ2v) is 5.02. The second-order valence-electron chi connectivity index (χ2n) is 5.02. The van der Waals surface area contributed by atoms with Crippen molar-refractivity contribution in [3.8, 4) is 0 Å². The monoisotopic (exact) mass is 286 g/mol. The third kappa shape index (κ3) is 4.23. The van der Waals surface area contributed by atoms with Gasteiger partial charge in [0.15, 0.2) is 0 Å². The van der Waals surface area contributed by atoms with Gasteiger partial charge in [-0.05, 0) is 50.0 Å². The molecular formula is C14H17F3N2O. The highest BCUT2D eigenvalue weighted by atomic mass is 19.4. The summed E-state index contributed by atoms with van der Waals surface area (Å²) in [4.78, 5) is 11.7. The Balaban J connectivity index is 1.87. The number of alkyl halides is 3. The lowest BCUT2D eigenvalue weighted by atomic mass is 10.0. The summed E-state index contributed by atoms with van der Waals surface area (Å²) in [5.41, 5.74) is -0.565. The first-order valence-electron chi connectivity index (χ1n) is 6.63. The van der Waals surface area contributed by atoms with Crippen molar-refractivity contribution in [2.45, 2.75) is 25.4 Å². The van der Waals surface area contributed by atoms with E-state index in [1.807, 2.05) is 0 Å². The molecule has 2 rings (SSSR count). The number of rotatable bonds is 4. The molecule has 0 bridgehead atoms. The van der Waals surface area contributed by atoms with Gasteiger partial charge in [-0.25, -0.2) is 0 Å². The topological polar surface area (TPSA) is 41.1 Å². The van der Waals surface area contributed by atoms with Gasteiger partial charge in [0, 0.05) is 12.1 Å². The SMILES string of the molecule is O=C(CCC1CCNC1)Nc1cccc(C(F)(F)F)c1. The maximum atomic E-state index is 12.5. The first kappa shape index (κ1) is 14.8. The van der Waals surface area contributed by atoms with E-state index in [2.05, 4.69) is 10.6 Å². The molecule has 1 aromatic carbocycles. The molecule has 0 saturated carbocycles. The Kier molecular flexibility index (Phi) is 4.65. The Morgan fingerprint density at radius 2 is 2.20 bits per heavy atom. The van der Waals surface area contributed by atoms with Gasteiger partial charge in [0.05, 0.1) is 5.56 Å². The van der Waals surface area contributed by atoms with Gasteiger partial charge in [0.25, 0.3) is 0 Å². The van der Waals surface area contributed by atoms with E-state index in [1.54, 1.807) is 0 Å². The minimum absolute atomic E-state index is 0.189. The molecule has 1 heterocycles. The standard InChI is InChI=1S/C14H17F3N2O/c15-14(16,17)11-2-1-3-12(8-11)19-13(20)5-4-10-6-7-18-9-10/h1-3,8,10,18H,4-7,9H2,(H,19,20). The molecule has 20 heavy (non-hydrogen) atoms. The van der Waals surface area contributed by atoms with E-state index in [0.717, 1.165) is 38.1 Å². The third-order valence-electron chi connectivity index (χ3n) is 3.42. The van der Waals surface area contributed by atoms with Gasteiger partial charge in [-0.15, -0.1) is 0 Å². The zero-order chi connectivity index (χ0) is 14.6. The first-order chi connectivity index (χ1) is 9.45. The van der Waals surface area contributed by atoms with E-state index >= 15 is 0 Å². The summed E-state index contributed by atoms with van der Waals surface area (Å²) < 4.78 is 37.6. The van der Waals surface area contributed by atoms with Gasteiger partial charge in [-0.2, -0.15) is 13.2 Å². The van der Waals surface area contributed by atoms with Crippen molar-refractivity contribution in [3.63, 3.8) is 0 Å². The number of carbonyl (C=O) groups is 1.